The van der Waals surface area contributed by atoms with Crippen LogP contribution in [0, 0.1) is 23.7 Å². The largest absolute Gasteiger partial charge is 0.313 e. The molecule has 0 aromatic rings. The second-order valence-corrected chi connectivity index (χ2v) is 7.53. The molecule has 2 fully saturated rings. The van der Waals surface area contributed by atoms with Crippen LogP contribution in [-0.4, -0.2) is 12.6 Å². The van der Waals surface area contributed by atoms with E-state index in [1.54, 1.807) is 0 Å². The zero-order chi connectivity index (χ0) is 14.4. The number of hydrogen-bond donors (Lipinski definition) is 1. The zero-order valence-electron chi connectivity index (χ0n) is 14.2. The van der Waals surface area contributed by atoms with Crippen LogP contribution in [0.1, 0.15) is 85.0 Å². The van der Waals surface area contributed by atoms with Crippen LogP contribution >= 0.6 is 0 Å². The van der Waals surface area contributed by atoms with E-state index in [9.17, 15) is 0 Å². The fraction of sp³-hybridized carbons (Fsp3) is 1.00. The van der Waals surface area contributed by atoms with E-state index in [1.165, 1.54) is 70.8 Å². The highest BCUT2D eigenvalue weighted by atomic mass is 14.9. The van der Waals surface area contributed by atoms with Crippen molar-refractivity contribution in [2.75, 3.05) is 6.54 Å². The summed E-state index contributed by atoms with van der Waals surface area (Å²) in [6.45, 7) is 8.31. The summed E-state index contributed by atoms with van der Waals surface area (Å²) in [6.07, 6.45) is 14.6. The van der Waals surface area contributed by atoms with E-state index in [0.29, 0.717) is 0 Å². The SMILES string of the molecule is CCCNC(C1CCCC(CC)C1)C1CCC(CC)C1. The van der Waals surface area contributed by atoms with Crippen LogP contribution in [-0.2, 0) is 0 Å². The van der Waals surface area contributed by atoms with Crippen molar-refractivity contribution in [2.45, 2.75) is 91.0 Å². The molecule has 118 valence electrons. The molecular weight excluding hydrogens is 242 g/mol. The third-order valence-corrected chi connectivity index (χ3v) is 6.21. The highest BCUT2D eigenvalue weighted by Gasteiger charge is 2.36. The van der Waals surface area contributed by atoms with E-state index < -0.39 is 0 Å². The average molecular weight is 280 g/mol. The molecule has 0 heterocycles. The average Bonchev–Trinajstić information content (AvgIpc) is 2.97. The normalized spacial score (nSPS) is 36.1. The van der Waals surface area contributed by atoms with Crippen molar-refractivity contribution in [3.8, 4) is 0 Å². The molecule has 0 aromatic carbocycles. The van der Waals surface area contributed by atoms with E-state index in [-0.39, 0.29) is 0 Å². The molecule has 0 amide bonds. The van der Waals surface area contributed by atoms with Crippen LogP contribution in [0.2, 0.25) is 0 Å². The summed E-state index contributed by atoms with van der Waals surface area (Å²) in [5.74, 6) is 3.99. The molecule has 0 spiro atoms. The first kappa shape index (κ1) is 16.3. The maximum Gasteiger partial charge on any atom is 0.0124 e. The van der Waals surface area contributed by atoms with Gasteiger partial charge in [-0.1, -0.05) is 52.9 Å². The molecule has 1 heteroatoms. The van der Waals surface area contributed by atoms with Crippen molar-refractivity contribution in [3.63, 3.8) is 0 Å². The van der Waals surface area contributed by atoms with Gasteiger partial charge in [0.2, 0.25) is 0 Å². The Balaban J connectivity index is 1.95. The van der Waals surface area contributed by atoms with Crippen molar-refractivity contribution in [2.24, 2.45) is 23.7 Å². The minimum Gasteiger partial charge on any atom is -0.313 e. The summed E-state index contributed by atoms with van der Waals surface area (Å²) in [6, 6.07) is 0.834. The topological polar surface area (TPSA) is 12.0 Å². The highest BCUT2D eigenvalue weighted by molar-refractivity contribution is 4.90. The first-order valence-corrected chi connectivity index (χ1v) is 9.51. The molecule has 20 heavy (non-hydrogen) atoms. The van der Waals surface area contributed by atoms with Crippen LogP contribution in [0.3, 0.4) is 0 Å². The molecule has 1 N–H and O–H groups in total. The van der Waals surface area contributed by atoms with Crippen LogP contribution in [0.4, 0.5) is 0 Å². The van der Waals surface area contributed by atoms with Gasteiger partial charge in [0.15, 0.2) is 0 Å². The molecule has 0 bridgehead atoms. The fourth-order valence-corrected chi connectivity index (χ4v) is 4.87. The molecule has 0 aliphatic heterocycles. The number of hydrogen-bond acceptors (Lipinski definition) is 1. The lowest BCUT2D eigenvalue weighted by atomic mass is 9.73. The van der Waals surface area contributed by atoms with Gasteiger partial charge in [0.1, 0.15) is 0 Å². The Labute approximate surface area is 127 Å². The van der Waals surface area contributed by atoms with Gasteiger partial charge in [-0.3, -0.25) is 0 Å². The lowest BCUT2D eigenvalue weighted by Gasteiger charge is -2.38. The molecule has 5 atom stereocenters. The van der Waals surface area contributed by atoms with Crippen LogP contribution < -0.4 is 5.32 Å². The quantitative estimate of drug-likeness (QED) is 0.658. The van der Waals surface area contributed by atoms with E-state index in [1.807, 2.05) is 0 Å². The summed E-state index contributed by atoms with van der Waals surface area (Å²) >= 11 is 0. The Morgan fingerprint density at radius 1 is 0.850 bits per heavy atom. The molecule has 5 unspecified atom stereocenters. The third-order valence-electron chi connectivity index (χ3n) is 6.21. The first-order chi connectivity index (χ1) is 9.78. The van der Waals surface area contributed by atoms with E-state index >= 15 is 0 Å². The van der Waals surface area contributed by atoms with Crippen LogP contribution in [0.25, 0.3) is 0 Å². The van der Waals surface area contributed by atoms with Crippen molar-refractivity contribution in [1.29, 1.82) is 0 Å². The molecule has 1 nitrogen and oxygen atoms in total. The van der Waals surface area contributed by atoms with Gasteiger partial charge in [-0.15, -0.1) is 0 Å². The lowest BCUT2D eigenvalue weighted by Crippen LogP contribution is -2.43. The Morgan fingerprint density at radius 2 is 1.50 bits per heavy atom. The predicted molar refractivity (Wildman–Crippen MR) is 88.9 cm³/mol. The predicted octanol–water partition coefficient (Wildman–Crippen LogP) is 5.40. The Bertz CT molecular complexity index is 262. The fourth-order valence-electron chi connectivity index (χ4n) is 4.87. The molecular formula is C19H37N. The van der Waals surface area contributed by atoms with Gasteiger partial charge < -0.3 is 5.32 Å². The highest BCUT2D eigenvalue weighted by Crippen LogP contribution is 2.41. The van der Waals surface area contributed by atoms with Gasteiger partial charge in [-0.25, -0.2) is 0 Å². The minimum atomic E-state index is 0.834. The van der Waals surface area contributed by atoms with Crippen molar-refractivity contribution in [3.05, 3.63) is 0 Å². The maximum atomic E-state index is 3.97. The Kier molecular flexibility index (Phi) is 6.87. The molecule has 2 saturated carbocycles. The minimum absolute atomic E-state index is 0.834. The van der Waals surface area contributed by atoms with Gasteiger partial charge in [0.05, 0.1) is 0 Å². The number of nitrogens with one attached hydrogen (secondary N) is 1. The molecule has 0 saturated heterocycles. The van der Waals surface area contributed by atoms with Gasteiger partial charge >= 0.3 is 0 Å². The summed E-state index contributed by atoms with van der Waals surface area (Å²) in [5, 5.41) is 3.97. The third kappa shape index (κ3) is 4.23. The maximum absolute atomic E-state index is 3.97. The smallest absolute Gasteiger partial charge is 0.0124 e. The van der Waals surface area contributed by atoms with Gasteiger partial charge in [0.25, 0.3) is 0 Å². The molecule has 2 aliphatic carbocycles. The van der Waals surface area contributed by atoms with Crippen molar-refractivity contribution in [1.82, 2.24) is 5.32 Å². The van der Waals surface area contributed by atoms with E-state index in [0.717, 1.165) is 29.7 Å². The Hall–Kier alpha value is -0.0400. The monoisotopic (exact) mass is 279 g/mol. The van der Waals surface area contributed by atoms with Crippen molar-refractivity contribution >= 4 is 0 Å². The second-order valence-electron chi connectivity index (χ2n) is 7.53. The molecule has 2 rings (SSSR count). The molecule has 0 radical (unpaired) electrons. The zero-order valence-corrected chi connectivity index (χ0v) is 14.2. The molecule has 0 aromatic heterocycles. The van der Waals surface area contributed by atoms with E-state index in [4.69, 9.17) is 0 Å². The summed E-state index contributed by atoms with van der Waals surface area (Å²) in [5.41, 5.74) is 0. The Morgan fingerprint density at radius 3 is 2.10 bits per heavy atom. The standard InChI is InChI=1S/C19H37N/c1-4-12-20-19(18-11-10-16(6-3)14-18)17-9-7-8-15(5-2)13-17/h15-20H,4-14H2,1-3H3. The van der Waals surface area contributed by atoms with Crippen LogP contribution in [0.5, 0.6) is 0 Å². The van der Waals surface area contributed by atoms with E-state index in [2.05, 4.69) is 26.1 Å². The van der Waals surface area contributed by atoms with Gasteiger partial charge in [0, 0.05) is 6.04 Å². The lowest BCUT2D eigenvalue weighted by molar-refractivity contribution is 0.166. The van der Waals surface area contributed by atoms with Gasteiger partial charge in [-0.05, 0) is 62.3 Å². The summed E-state index contributed by atoms with van der Waals surface area (Å²) in [7, 11) is 0. The summed E-state index contributed by atoms with van der Waals surface area (Å²) in [4.78, 5) is 0. The first-order valence-electron chi connectivity index (χ1n) is 9.51. The molecule has 2 aliphatic rings. The van der Waals surface area contributed by atoms with Crippen molar-refractivity contribution < 1.29 is 0 Å². The summed E-state index contributed by atoms with van der Waals surface area (Å²) < 4.78 is 0. The van der Waals surface area contributed by atoms with Gasteiger partial charge in [-0.2, -0.15) is 0 Å². The number of rotatable bonds is 7. The van der Waals surface area contributed by atoms with Crippen LogP contribution in [0.15, 0.2) is 0 Å². The second kappa shape index (κ2) is 8.41.